The summed E-state index contributed by atoms with van der Waals surface area (Å²) < 4.78 is 5.19. The second-order valence-corrected chi connectivity index (χ2v) is 6.73. The predicted molar refractivity (Wildman–Crippen MR) is 81.7 cm³/mol. The van der Waals surface area contributed by atoms with Crippen LogP contribution in [-0.4, -0.2) is 37.1 Å². The van der Waals surface area contributed by atoms with Crippen LogP contribution in [0.3, 0.4) is 0 Å². The van der Waals surface area contributed by atoms with Crippen molar-refractivity contribution in [1.29, 1.82) is 0 Å². The minimum Gasteiger partial charge on any atom is -0.466 e. The molecule has 0 aromatic heterocycles. The highest BCUT2D eigenvalue weighted by atomic mass is 16.5. The van der Waals surface area contributed by atoms with Crippen LogP contribution in [0, 0.1) is 5.41 Å². The van der Waals surface area contributed by atoms with Crippen molar-refractivity contribution in [2.75, 3.05) is 26.2 Å². The van der Waals surface area contributed by atoms with Crippen molar-refractivity contribution in [2.45, 2.75) is 71.1 Å². The summed E-state index contributed by atoms with van der Waals surface area (Å²) in [7, 11) is 0. The summed E-state index contributed by atoms with van der Waals surface area (Å²) in [4.78, 5) is 14.1. The maximum atomic E-state index is 11.5. The Morgan fingerprint density at radius 1 is 1.10 bits per heavy atom. The maximum absolute atomic E-state index is 11.5. The molecule has 3 nitrogen and oxygen atoms in total. The number of likely N-dealkylation sites (tertiary alicyclic amines) is 1. The average molecular weight is 281 g/mol. The van der Waals surface area contributed by atoms with Crippen molar-refractivity contribution < 1.29 is 9.53 Å². The second-order valence-electron chi connectivity index (χ2n) is 6.73. The molecule has 0 aromatic rings. The average Bonchev–Trinajstić information content (AvgIpc) is 2.90. The third kappa shape index (κ3) is 4.76. The topological polar surface area (TPSA) is 29.5 Å². The van der Waals surface area contributed by atoms with E-state index in [2.05, 4.69) is 11.8 Å². The Labute approximate surface area is 124 Å². The monoisotopic (exact) mass is 281 g/mol. The SMILES string of the molecule is CCCCOC(=O)CCCN1CCC2(CCCC2)CC1. The molecule has 1 spiro atoms. The summed E-state index contributed by atoms with van der Waals surface area (Å²) in [5, 5.41) is 0. The molecule has 116 valence electrons. The smallest absolute Gasteiger partial charge is 0.305 e. The summed E-state index contributed by atoms with van der Waals surface area (Å²) >= 11 is 0. The zero-order valence-electron chi connectivity index (χ0n) is 13.2. The number of rotatable bonds is 7. The molecule has 0 bridgehead atoms. The van der Waals surface area contributed by atoms with Gasteiger partial charge in [0.1, 0.15) is 0 Å². The molecule has 2 fully saturated rings. The van der Waals surface area contributed by atoms with Crippen LogP contribution in [0.2, 0.25) is 0 Å². The van der Waals surface area contributed by atoms with Crippen LogP contribution in [0.4, 0.5) is 0 Å². The van der Waals surface area contributed by atoms with E-state index in [-0.39, 0.29) is 5.97 Å². The normalized spacial score (nSPS) is 22.2. The zero-order valence-corrected chi connectivity index (χ0v) is 13.2. The van der Waals surface area contributed by atoms with E-state index in [1.54, 1.807) is 0 Å². The standard InChI is InChI=1S/C17H31NO2/c1-2-3-15-20-16(19)7-6-12-18-13-10-17(11-14-18)8-4-5-9-17/h2-15H2,1H3. The predicted octanol–water partition coefficient (Wildman–Crippen LogP) is 3.77. The van der Waals surface area contributed by atoms with Gasteiger partial charge in [-0.3, -0.25) is 4.79 Å². The van der Waals surface area contributed by atoms with E-state index in [1.165, 1.54) is 51.6 Å². The van der Waals surface area contributed by atoms with E-state index in [0.29, 0.717) is 18.4 Å². The molecule has 0 amide bonds. The van der Waals surface area contributed by atoms with Gasteiger partial charge in [-0.15, -0.1) is 0 Å². The minimum absolute atomic E-state index is 0.0114. The lowest BCUT2D eigenvalue weighted by Crippen LogP contribution is -2.39. The lowest BCUT2D eigenvalue weighted by atomic mass is 9.77. The summed E-state index contributed by atoms with van der Waals surface area (Å²) in [5.41, 5.74) is 0.704. The highest BCUT2D eigenvalue weighted by Crippen LogP contribution is 2.46. The van der Waals surface area contributed by atoms with Crippen molar-refractivity contribution in [1.82, 2.24) is 4.90 Å². The quantitative estimate of drug-likeness (QED) is 0.525. The minimum atomic E-state index is -0.0114. The molecule has 0 N–H and O–H groups in total. The van der Waals surface area contributed by atoms with Crippen LogP contribution < -0.4 is 0 Å². The van der Waals surface area contributed by atoms with Crippen molar-refractivity contribution in [3.63, 3.8) is 0 Å². The molecule has 0 atom stereocenters. The summed E-state index contributed by atoms with van der Waals surface area (Å²) in [6, 6.07) is 0. The van der Waals surface area contributed by atoms with Gasteiger partial charge in [-0.1, -0.05) is 26.2 Å². The van der Waals surface area contributed by atoms with E-state index >= 15 is 0 Å². The summed E-state index contributed by atoms with van der Waals surface area (Å²) in [5.74, 6) is -0.0114. The molecule has 1 aliphatic carbocycles. The molecule has 0 radical (unpaired) electrons. The molecule has 3 heteroatoms. The van der Waals surface area contributed by atoms with Crippen LogP contribution >= 0.6 is 0 Å². The van der Waals surface area contributed by atoms with Crippen LogP contribution in [-0.2, 0) is 9.53 Å². The first-order valence-electron chi connectivity index (χ1n) is 8.62. The van der Waals surface area contributed by atoms with E-state index in [0.717, 1.165) is 25.8 Å². The van der Waals surface area contributed by atoms with Crippen LogP contribution in [0.25, 0.3) is 0 Å². The van der Waals surface area contributed by atoms with Gasteiger partial charge < -0.3 is 9.64 Å². The Hall–Kier alpha value is -0.570. The maximum Gasteiger partial charge on any atom is 0.305 e. The fraction of sp³-hybridized carbons (Fsp3) is 0.941. The van der Waals surface area contributed by atoms with E-state index in [4.69, 9.17) is 4.74 Å². The van der Waals surface area contributed by atoms with Gasteiger partial charge >= 0.3 is 5.97 Å². The Morgan fingerprint density at radius 2 is 1.80 bits per heavy atom. The first kappa shape index (κ1) is 15.8. The number of carbonyl (C=O) groups is 1. The Morgan fingerprint density at radius 3 is 2.45 bits per heavy atom. The van der Waals surface area contributed by atoms with Gasteiger partial charge in [-0.05, 0) is 63.6 Å². The molecule has 1 saturated carbocycles. The van der Waals surface area contributed by atoms with Crippen molar-refractivity contribution in [3.8, 4) is 0 Å². The van der Waals surface area contributed by atoms with Gasteiger partial charge in [-0.25, -0.2) is 0 Å². The first-order chi connectivity index (χ1) is 9.74. The van der Waals surface area contributed by atoms with Gasteiger partial charge in [0.05, 0.1) is 6.61 Å². The first-order valence-corrected chi connectivity index (χ1v) is 8.62. The van der Waals surface area contributed by atoms with Crippen LogP contribution in [0.5, 0.6) is 0 Å². The van der Waals surface area contributed by atoms with E-state index in [1.807, 2.05) is 0 Å². The van der Waals surface area contributed by atoms with Crippen molar-refractivity contribution >= 4 is 5.97 Å². The molecule has 1 saturated heterocycles. The number of carbonyl (C=O) groups excluding carboxylic acids is 1. The van der Waals surface area contributed by atoms with Gasteiger partial charge in [0.25, 0.3) is 0 Å². The Bertz CT molecular complexity index is 287. The Kier molecular flexibility index (Phi) is 6.34. The molecule has 2 aliphatic rings. The number of hydrogen-bond donors (Lipinski definition) is 0. The van der Waals surface area contributed by atoms with Crippen LogP contribution in [0.1, 0.15) is 71.1 Å². The van der Waals surface area contributed by atoms with Crippen molar-refractivity contribution in [2.24, 2.45) is 5.41 Å². The van der Waals surface area contributed by atoms with Gasteiger partial charge in [0.2, 0.25) is 0 Å². The van der Waals surface area contributed by atoms with E-state index < -0.39 is 0 Å². The summed E-state index contributed by atoms with van der Waals surface area (Å²) in [6.45, 7) is 6.26. The lowest BCUT2D eigenvalue weighted by Gasteiger charge is -2.39. The lowest BCUT2D eigenvalue weighted by molar-refractivity contribution is -0.143. The number of unbranched alkanes of at least 4 members (excludes halogenated alkanes) is 1. The number of piperidine rings is 1. The number of hydrogen-bond acceptors (Lipinski definition) is 3. The molecule has 2 rings (SSSR count). The van der Waals surface area contributed by atoms with Gasteiger partial charge in [0.15, 0.2) is 0 Å². The molecular formula is C17H31NO2. The molecular weight excluding hydrogens is 250 g/mol. The number of nitrogens with zero attached hydrogens (tertiary/aromatic N) is 1. The number of esters is 1. The largest absolute Gasteiger partial charge is 0.466 e. The highest BCUT2D eigenvalue weighted by Gasteiger charge is 2.36. The molecule has 1 aliphatic heterocycles. The van der Waals surface area contributed by atoms with Crippen molar-refractivity contribution in [3.05, 3.63) is 0 Å². The third-order valence-corrected chi connectivity index (χ3v) is 5.20. The second kappa shape index (κ2) is 8.02. The molecule has 20 heavy (non-hydrogen) atoms. The molecule has 1 heterocycles. The van der Waals surface area contributed by atoms with E-state index in [9.17, 15) is 4.79 Å². The number of ether oxygens (including phenoxy) is 1. The summed E-state index contributed by atoms with van der Waals surface area (Å²) in [6.07, 6.45) is 12.2. The third-order valence-electron chi connectivity index (χ3n) is 5.20. The zero-order chi connectivity index (χ0) is 14.3. The Balaban J connectivity index is 1.53. The van der Waals surface area contributed by atoms with Crippen LogP contribution in [0.15, 0.2) is 0 Å². The van der Waals surface area contributed by atoms with Gasteiger partial charge in [0, 0.05) is 6.42 Å². The highest BCUT2D eigenvalue weighted by molar-refractivity contribution is 5.69. The fourth-order valence-electron chi connectivity index (χ4n) is 3.73. The van der Waals surface area contributed by atoms with Gasteiger partial charge in [-0.2, -0.15) is 0 Å². The molecule has 0 aromatic carbocycles. The fourth-order valence-corrected chi connectivity index (χ4v) is 3.73. The molecule has 0 unspecified atom stereocenters.